The van der Waals surface area contributed by atoms with Crippen molar-refractivity contribution in [3.63, 3.8) is 0 Å². The molecule has 0 N–H and O–H groups in total. The highest BCUT2D eigenvalue weighted by atomic mass is 16.5. The van der Waals surface area contributed by atoms with Crippen LogP contribution < -0.4 is 9.64 Å². The van der Waals surface area contributed by atoms with Crippen LogP contribution in [0.4, 0.5) is 5.95 Å². The van der Waals surface area contributed by atoms with Crippen LogP contribution in [0.15, 0.2) is 42.7 Å². The van der Waals surface area contributed by atoms with Gasteiger partial charge in [0.25, 0.3) is 5.91 Å². The maximum Gasteiger partial charge on any atom is 0.253 e. The van der Waals surface area contributed by atoms with Crippen LogP contribution in [-0.4, -0.2) is 77.5 Å². The van der Waals surface area contributed by atoms with Crippen molar-refractivity contribution in [3.05, 3.63) is 48.3 Å². The van der Waals surface area contributed by atoms with Crippen molar-refractivity contribution in [2.75, 3.05) is 45.2 Å². The molecule has 1 aromatic heterocycles. The van der Waals surface area contributed by atoms with Gasteiger partial charge in [0.05, 0.1) is 12.5 Å². The molecule has 4 heterocycles. The first-order valence-corrected chi connectivity index (χ1v) is 11.7. The van der Waals surface area contributed by atoms with Crippen molar-refractivity contribution in [1.29, 1.82) is 0 Å². The number of piperidine rings is 2. The first-order chi connectivity index (χ1) is 16.0. The molecule has 33 heavy (non-hydrogen) atoms. The molecule has 0 bridgehead atoms. The van der Waals surface area contributed by atoms with Gasteiger partial charge in [0.2, 0.25) is 11.9 Å². The molecule has 0 radical (unpaired) electrons. The highest BCUT2D eigenvalue weighted by Gasteiger charge is 2.59. The van der Waals surface area contributed by atoms with E-state index in [-0.39, 0.29) is 22.8 Å². The van der Waals surface area contributed by atoms with Gasteiger partial charge in [-0.2, -0.15) is 0 Å². The van der Waals surface area contributed by atoms with Gasteiger partial charge < -0.3 is 19.4 Å². The first-order valence-electron chi connectivity index (χ1n) is 11.7. The Morgan fingerprint density at radius 2 is 1.70 bits per heavy atom. The fourth-order valence-corrected chi connectivity index (χ4v) is 5.95. The average Bonchev–Trinajstić information content (AvgIpc) is 3.06. The van der Waals surface area contributed by atoms with Crippen LogP contribution in [0.1, 0.15) is 42.5 Å². The summed E-state index contributed by atoms with van der Waals surface area (Å²) in [5.74, 6) is 1.72. The molecule has 2 spiro atoms. The first kappa shape index (κ1) is 21.7. The van der Waals surface area contributed by atoms with Crippen LogP contribution in [0.5, 0.6) is 5.75 Å². The van der Waals surface area contributed by atoms with E-state index in [1.807, 2.05) is 41.1 Å². The van der Waals surface area contributed by atoms with Gasteiger partial charge in [-0.3, -0.25) is 9.59 Å². The molecule has 3 aliphatic rings. The molecular weight excluding hydrogens is 418 g/mol. The number of hydrogen-bond acceptors (Lipinski definition) is 6. The molecule has 2 aromatic rings. The van der Waals surface area contributed by atoms with E-state index in [1.165, 1.54) is 0 Å². The maximum absolute atomic E-state index is 13.5. The quantitative estimate of drug-likeness (QED) is 0.717. The van der Waals surface area contributed by atoms with Crippen LogP contribution in [0, 0.1) is 5.41 Å². The summed E-state index contributed by atoms with van der Waals surface area (Å²) < 4.78 is 5.27. The van der Waals surface area contributed by atoms with Crippen molar-refractivity contribution in [3.8, 4) is 5.75 Å². The third kappa shape index (κ3) is 3.71. The van der Waals surface area contributed by atoms with Crippen LogP contribution in [0.2, 0.25) is 0 Å². The number of nitrogens with zero attached hydrogens (tertiary/aromatic N) is 5. The number of aromatic nitrogens is 2. The number of carbonyl (C=O) groups excluding carboxylic acids is 2. The predicted octanol–water partition coefficient (Wildman–Crippen LogP) is 2.61. The molecule has 0 atom stereocenters. The molecule has 0 aliphatic carbocycles. The van der Waals surface area contributed by atoms with Gasteiger partial charge >= 0.3 is 0 Å². The number of carbonyl (C=O) groups is 2. The van der Waals surface area contributed by atoms with Gasteiger partial charge in [-0.05, 0) is 56.4 Å². The van der Waals surface area contributed by atoms with Gasteiger partial charge in [-0.15, -0.1) is 0 Å². The summed E-state index contributed by atoms with van der Waals surface area (Å²) in [7, 11) is 3.57. The van der Waals surface area contributed by atoms with Crippen LogP contribution in [0.3, 0.4) is 0 Å². The zero-order valence-electron chi connectivity index (χ0n) is 19.4. The molecule has 8 heteroatoms. The van der Waals surface area contributed by atoms with Crippen molar-refractivity contribution in [1.82, 2.24) is 19.8 Å². The Morgan fingerprint density at radius 1 is 1.00 bits per heavy atom. The Balaban J connectivity index is 1.25. The third-order valence-electron chi connectivity index (χ3n) is 7.99. The Hall–Kier alpha value is -3.16. The van der Waals surface area contributed by atoms with E-state index in [2.05, 4.69) is 14.9 Å². The fourth-order valence-electron chi connectivity index (χ4n) is 5.95. The highest BCUT2D eigenvalue weighted by molar-refractivity contribution is 5.94. The van der Waals surface area contributed by atoms with Gasteiger partial charge in [0.1, 0.15) is 5.75 Å². The minimum absolute atomic E-state index is 0.0293. The maximum atomic E-state index is 13.5. The van der Waals surface area contributed by atoms with E-state index in [0.29, 0.717) is 24.4 Å². The molecule has 3 aliphatic heterocycles. The number of methoxy groups -OCH3 is 1. The molecule has 3 fully saturated rings. The summed E-state index contributed by atoms with van der Waals surface area (Å²) in [6.07, 6.45) is 7.68. The monoisotopic (exact) mass is 449 g/mol. The molecule has 5 rings (SSSR count). The molecule has 3 saturated heterocycles. The Labute approximate surface area is 194 Å². The number of rotatable bonds is 3. The molecule has 174 valence electrons. The lowest BCUT2D eigenvalue weighted by atomic mass is 9.71. The predicted molar refractivity (Wildman–Crippen MR) is 124 cm³/mol. The van der Waals surface area contributed by atoms with E-state index in [1.54, 1.807) is 25.6 Å². The second kappa shape index (κ2) is 8.32. The zero-order chi connectivity index (χ0) is 23.1. The lowest BCUT2D eigenvalue weighted by Gasteiger charge is -2.44. The molecule has 1 aromatic carbocycles. The van der Waals surface area contributed by atoms with Gasteiger partial charge in [0, 0.05) is 56.7 Å². The second-order valence-electron chi connectivity index (χ2n) is 9.61. The summed E-state index contributed by atoms with van der Waals surface area (Å²) in [6.45, 7) is 2.90. The van der Waals surface area contributed by atoms with Crippen molar-refractivity contribution in [2.45, 2.75) is 37.6 Å². The molecule has 0 unspecified atom stereocenters. The Kier molecular flexibility index (Phi) is 5.46. The van der Waals surface area contributed by atoms with E-state index in [9.17, 15) is 9.59 Å². The lowest BCUT2D eigenvalue weighted by Crippen LogP contribution is -2.52. The van der Waals surface area contributed by atoms with E-state index < -0.39 is 0 Å². The van der Waals surface area contributed by atoms with Gasteiger partial charge in [-0.25, -0.2) is 9.97 Å². The summed E-state index contributed by atoms with van der Waals surface area (Å²) in [5.41, 5.74) is 0.181. The molecular formula is C25H31N5O3. The van der Waals surface area contributed by atoms with Gasteiger partial charge in [0.15, 0.2) is 0 Å². The fraction of sp³-hybridized carbons (Fsp3) is 0.520. The second-order valence-corrected chi connectivity index (χ2v) is 9.61. The minimum atomic E-state index is -0.307. The zero-order valence-corrected chi connectivity index (χ0v) is 19.4. The number of benzene rings is 1. The van der Waals surface area contributed by atoms with Crippen molar-refractivity contribution < 1.29 is 14.3 Å². The SMILES string of the molecule is COc1cccc(C(=O)N2CCC3(CC2)CC2(CCN(c4ncccn4)CC2)C(=O)N3C)c1. The number of anilines is 1. The Bertz CT molecular complexity index is 1030. The lowest BCUT2D eigenvalue weighted by molar-refractivity contribution is -0.138. The van der Waals surface area contributed by atoms with E-state index >= 15 is 0 Å². The normalized spacial score (nSPS) is 21.6. The standard InChI is InChI=1S/C25H31N5O3/c1-28-22(32)24(7-13-30(14-8-24)23-26-11-4-12-27-23)18-25(28)9-15-29(16-10-25)21(31)19-5-3-6-20(17-19)33-2/h3-6,11-12,17H,7-10,13-16,18H2,1-2H3. The topological polar surface area (TPSA) is 78.9 Å². The van der Waals surface area contributed by atoms with E-state index in [4.69, 9.17) is 4.74 Å². The van der Waals surface area contributed by atoms with Crippen LogP contribution in [-0.2, 0) is 4.79 Å². The minimum Gasteiger partial charge on any atom is -0.497 e. The van der Waals surface area contributed by atoms with E-state index in [0.717, 1.165) is 51.1 Å². The molecule has 0 saturated carbocycles. The molecule has 2 amide bonds. The van der Waals surface area contributed by atoms with Gasteiger partial charge in [-0.1, -0.05) is 6.07 Å². The summed E-state index contributed by atoms with van der Waals surface area (Å²) in [6, 6.07) is 9.13. The smallest absolute Gasteiger partial charge is 0.253 e. The molecule has 8 nitrogen and oxygen atoms in total. The highest BCUT2D eigenvalue weighted by Crippen LogP contribution is 2.52. The number of ether oxygens (including phenoxy) is 1. The largest absolute Gasteiger partial charge is 0.497 e. The third-order valence-corrected chi connectivity index (χ3v) is 7.99. The number of amides is 2. The summed E-state index contributed by atoms with van der Waals surface area (Å²) in [4.78, 5) is 41.4. The van der Waals surface area contributed by atoms with Crippen LogP contribution in [0.25, 0.3) is 0 Å². The Morgan fingerprint density at radius 3 is 2.36 bits per heavy atom. The number of hydrogen-bond donors (Lipinski definition) is 0. The van der Waals surface area contributed by atoms with Crippen molar-refractivity contribution in [2.24, 2.45) is 5.41 Å². The van der Waals surface area contributed by atoms with Crippen molar-refractivity contribution >= 4 is 17.8 Å². The average molecular weight is 450 g/mol. The number of likely N-dealkylation sites (tertiary alicyclic amines) is 2. The summed E-state index contributed by atoms with van der Waals surface area (Å²) >= 11 is 0. The summed E-state index contributed by atoms with van der Waals surface area (Å²) in [5, 5.41) is 0. The van der Waals surface area contributed by atoms with Crippen LogP contribution >= 0.6 is 0 Å².